The monoisotopic (exact) mass is 308 g/mol. The maximum Gasteiger partial charge on any atom is 0.314 e. The molecule has 1 atom stereocenters. The normalized spacial score (nSPS) is 12.6. The number of hydrogen-bond acceptors (Lipinski definition) is 3. The van der Waals surface area contributed by atoms with E-state index in [1.807, 2.05) is 45.0 Å². The Balaban J connectivity index is 2.17. The van der Waals surface area contributed by atoms with E-state index in [2.05, 4.69) is 10.6 Å². The third-order valence-electron chi connectivity index (χ3n) is 3.54. The number of amides is 2. The van der Waals surface area contributed by atoms with Crippen LogP contribution in [0, 0.1) is 5.41 Å². The minimum Gasteiger partial charge on any atom is -0.497 e. The maximum atomic E-state index is 11.6. The molecule has 0 aromatic heterocycles. The molecule has 124 valence electrons. The standard InChI is InChI=1S/C17H28N2O3/c1-17(2,3)15(20)12-19-16(21)18-11-5-6-13-7-9-14(22-4)10-8-13/h7-10,15,20H,5-6,11-12H2,1-4H3,(H2,18,19,21). The molecule has 22 heavy (non-hydrogen) atoms. The number of ether oxygens (including phenoxy) is 1. The summed E-state index contributed by atoms with van der Waals surface area (Å²) in [6, 6.07) is 7.68. The Morgan fingerprint density at radius 3 is 2.41 bits per heavy atom. The molecule has 1 rings (SSSR count). The van der Waals surface area contributed by atoms with Crippen LogP contribution in [0.5, 0.6) is 5.75 Å². The molecule has 0 aliphatic carbocycles. The minimum absolute atomic E-state index is 0.234. The molecule has 0 saturated heterocycles. The van der Waals surface area contributed by atoms with E-state index in [0.29, 0.717) is 6.54 Å². The van der Waals surface area contributed by atoms with E-state index in [-0.39, 0.29) is 18.0 Å². The fourth-order valence-electron chi connectivity index (χ4n) is 1.84. The van der Waals surface area contributed by atoms with Crippen molar-refractivity contribution in [2.75, 3.05) is 20.2 Å². The SMILES string of the molecule is COc1ccc(CCCNC(=O)NCC(O)C(C)(C)C)cc1. The summed E-state index contributed by atoms with van der Waals surface area (Å²) in [5, 5.41) is 15.3. The molecule has 3 N–H and O–H groups in total. The van der Waals surface area contributed by atoms with Crippen LogP contribution < -0.4 is 15.4 Å². The molecule has 2 amide bonds. The smallest absolute Gasteiger partial charge is 0.314 e. The van der Waals surface area contributed by atoms with Gasteiger partial charge in [-0.3, -0.25) is 0 Å². The third-order valence-corrected chi connectivity index (χ3v) is 3.54. The summed E-state index contributed by atoms with van der Waals surface area (Å²) < 4.78 is 5.11. The van der Waals surface area contributed by atoms with Crippen molar-refractivity contribution in [3.8, 4) is 5.75 Å². The maximum absolute atomic E-state index is 11.6. The predicted octanol–water partition coefficient (Wildman–Crippen LogP) is 2.33. The van der Waals surface area contributed by atoms with Crippen LogP contribution in [0.3, 0.4) is 0 Å². The van der Waals surface area contributed by atoms with Gasteiger partial charge in [0.2, 0.25) is 0 Å². The van der Waals surface area contributed by atoms with E-state index in [9.17, 15) is 9.90 Å². The number of urea groups is 1. The van der Waals surface area contributed by atoms with E-state index in [1.165, 1.54) is 5.56 Å². The van der Waals surface area contributed by atoms with E-state index in [4.69, 9.17) is 4.74 Å². The zero-order valence-corrected chi connectivity index (χ0v) is 14.0. The minimum atomic E-state index is -0.558. The van der Waals surface area contributed by atoms with Crippen LogP contribution in [0.4, 0.5) is 4.79 Å². The lowest BCUT2D eigenvalue weighted by molar-refractivity contribution is 0.0650. The predicted molar refractivity (Wildman–Crippen MR) is 88.2 cm³/mol. The second kappa shape index (κ2) is 8.63. The van der Waals surface area contributed by atoms with Gasteiger partial charge in [-0.15, -0.1) is 0 Å². The summed E-state index contributed by atoms with van der Waals surface area (Å²) in [5.41, 5.74) is 0.980. The number of aliphatic hydroxyl groups excluding tert-OH is 1. The molecule has 0 spiro atoms. The highest BCUT2D eigenvalue weighted by Crippen LogP contribution is 2.18. The Labute approximate surface area is 133 Å². The zero-order chi connectivity index (χ0) is 16.6. The summed E-state index contributed by atoms with van der Waals surface area (Å²) in [7, 11) is 1.65. The number of rotatable bonds is 7. The summed E-state index contributed by atoms with van der Waals surface area (Å²) >= 11 is 0. The van der Waals surface area contributed by atoms with Crippen molar-refractivity contribution in [1.82, 2.24) is 10.6 Å². The molecule has 1 unspecified atom stereocenters. The molecular formula is C17H28N2O3. The molecule has 0 heterocycles. The number of carbonyl (C=O) groups excluding carboxylic acids is 1. The first-order valence-corrected chi connectivity index (χ1v) is 7.65. The lowest BCUT2D eigenvalue weighted by Gasteiger charge is -2.25. The van der Waals surface area contributed by atoms with Gasteiger partial charge in [-0.05, 0) is 36.0 Å². The average Bonchev–Trinajstić information content (AvgIpc) is 2.48. The van der Waals surface area contributed by atoms with Gasteiger partial charge in [-0.2, -0.15) is 0 Å². The topological polar surface area (TPSA) is 70.6 Å². The molecule has 0 fully saturated rings. The third kappa shape index (κ3) is 6.80. The molecule has 0 bridgehead atoms. The highest BCUT2D eigenvalue weighted by atomic mass is 16.5. The van der Waals surface area contributed by atoms with Crippen molar-refractivity contribution < 1.29 is 14.6 Å². The molecule has 1 aromatic rings. The van der Waals surface area contributed by atoms with Gasteiger partial charge < -0.3 is 20.5 Å². The first-order chi connectivity index (χ1) is 10.3. The Morgan fingerprint density at radius 1 is 1.23 bits per heavy atom. The van der Waals surface area contributed by atoms with Gasteiger partial charge in [0, 0.05) is 13.1 Å². The molecular weight excluding hydrogens is 280 g/mol. The lowest BCUT2D eigenvalue weighted by atomic mass is 9.89. The fourth-order valence-corrected chi connectivity index (χ4v) is 1.84. The van der Waals surface area contributed by atoms with Gasteiger partial charge >= 0.3 is 6.03 Å². The number of methoxy groups -OCH3 is 1. The molecule has 0 saturated carbocycles. The van der Waals surface area contributed by atoms with Gasteiger partial charge in [-0.1, -0.05) is 32.9 Å². The lowest BCUT2D eigenvalue weighted by Crippen LogP contribution is -2.43. The second-order valence-corrected chi connectivity index (χ2v) is 6.47. The number of benzene rings is 1. The van der Waals surface area contributed by atoms with Gasteiger partial charge in [0.05, 0.1) is 13.2 Å². The summed E-state index contributed by atoms with van der Waals surface area (Å²) in [6.45, 7) is 6.67. The van der Waals surface area contributed by atoms with Crippen molar-refractivity contribution in [2.24, 2.45) is 5.41 Å². The molecule has 5 heteroatoms. The van der Waals surface area contributed by atoms with E-state index < -0.39 is 6.10 Å². The Hall–Kier alpha value is -1.75. The van der Waals surface area contributed by atoms with Crippen LogP contribution >= 0.6 is 0 Å². The van der Waals surface area contributed by atoms with Crippen molar-refractivity contribution in [3.05, 3.63) is 29.8 Å². The van der Waals surface area contributed by atoms with E-state index >= 15 is 0 Å². The van der Waals surface area contributed by atoms with Gasteiger partial charge in [0.15, 0.2) is 0 Å². The average molecular weight is 308 g/mol. The van der Waals surface area contributed by atoms with Gasteiger partial charge in [-0.25, -0.2) is 4.79 Å². The highest BCUT2D eigenvalue weighted by molar-refractivity contribution is 5.73. The summed E-state index contributed by atoms with van der Waals surface area (Å²) in [5.74, 6) is 0.846. The van der Waals surface area contributed by atoms with Crippen molar-refractivity contribution >= 4 is 6.03 Å². The van der Waals surface area contributed by atoms with Crippen LogP contribution in [0.2, 0.25) is 0 Å². The number of nitrogens with one attached hydrogen (secondary N) is 2. The number of carbonyl (C=O) groups is 1. The molecule has 0 aliphatic heterocycles. The van der Waals surface area contributed by atoms with Gasteiger partial charge in [0.1, 0.15) is 5.75 Å². The van der Waals surface area contributed by atoms with Crippen LogP contribution in [0.15, 0.2) is 24.3 Å². The van der Waals surface area contributed by atoms with E-state index in [0.717, 1.165) is 18.6 Å². The Bertz CT molecular complexity index is 452. The second-order valence-electron chi connectivity index (χ2n) is 6.47. The zero-order valence-electron chi connectivity index (χ0n) is 14.0. The van der Waals surface area contributed by atoms with Crippen molar-refractivity contribution in [1.29, 1.82) is 0 Å². The number of aryl methyl sites for hydroxylation is 1. The first-order valence-electron chi connectivity index (χ1n) is 7.65. The van der Waals surface area contributed by atoms with Crippen LogP contribution in [-0.2, 0) is 6.42 Å². The summed E-state index contributed by atoms with van der Waals surface area (Å²) in [4.78, 5) is 11.6. The largest absolute Gasteiger partial charge is 0.497 e. The molecule has 0 radical (unpaired) electrons. The van der Waals surface area contributed by atoms with Crippen molar-refractivity contribution in [2.45, 2.75) is 39.7 Å². The van der Waals surface area contributed by atoms with Crippen LogP contribution in [-0.4, -0.2) is 37.4 Å². The molecule has 1 aromatic carbocycles. The fraction of sp³-hybridized carbons (Fsp3) is 0.588. The van der Waals surface area contributed by atoms with Crippen LogP contribution in [0.1, 0.15) is 32.8 Å². The number of hydrogen-bond donors (Lipinski definition) is 3. The first kappa shape index (κ1) is 18.3. The number of aliphatic hydroxyl groups is 1. The van der Waals surface area contributed by atoms with E-state index in [1.54, 1.807) is 7.11 Å². The Kier molecular flexibility index (Phi) is 7.18. The quantitative estimate of drug-likeness (QED) is 0.677. The highest BCUT2D eigenvalue weighted by Gasteiger charge is 2.22. The van der Waals surface area contributed by atoms with Crippen LogP contribution in [0.25, 0.3) is 0 Å². The van der Waals surface area contributed by atoms with Gasteiger partial charge in [0.25, 0.3) is 0 Å². The Morgan fingerprint density at radius 2 is 1.86 bits per heavy atom. The molecule has 5 nitrogen and oxygen atoms in total. The molecule has 0 aliphatic rings. The summed E-state index contributed by atoms with van der Waals surface area (Å²) in [6.07, 6.45) is 1.20. The van der Waals surface area contributed by atoms with Crippen molar-refractivity contribution in [3.63, 3.8) is 0 Å².